The summed E-state index contributed by atoms with van der Waals surface area (Å²) < 4.78 is 11.3. The quantitative estimate of drug-likeness (QED) is 0.297. The Hall–Kier alpha value is -3.01. The molecule has 2 aromatic rings. The highest BCUT2D eigenvalue weighted by molar-refractivity contribution is 7.98. The van der Waals surface area contributed by atoms with Crippen molar-refractivity contribution in [3.8, 4) is 5.75 Å². The number of fused-ring (bicyclic) bond motifs is 3. The van der Waals surface area contributed by atoms with Crippen molar-refractivity contribution in [2.45, 2.75) is 57.9 Å². The van der Waals surface area contributed by atoms with Crippen molar-refractivity contribution >= 4 is 40.5 Å². The number of aliphatic carboxylic acids is 1. The minimum Gasteiger partial charge on any atom is -0.483 e. The van der Waals surface area contributed by atoms with Crippen molar-refractivity contribution in [1.29, 1.82) is 0 Å². The smallest absolute Gasteiger partial charge is 0.339 e. The van der Waals surface area contributed by atoms with Crippen LogP contribution in [0.4, 0.5) is 0 Å². The molecule has 0 unspecified atom stereocenters. The maximum absolute atomic E-state index is 12.6. The molecular weight excluding hydrogens is 472 g/mol. The molecule has 1 atom stereocenters. The van der Waals surface area contributed by atoms with Gasteiger partial charge in [-0.1, -0.05) is 0 Å². The average molecular weight is 505 g/mol. The normalized spacial score (nSPS) is 13.7. The number of carboxylic acid groups (broad SMARTS) is 1. The van der Waals surface area contributed by atoms with Gasteiger partial charge in [0, 0.05) is 29.5 Å². The monoisotopic (exact) mass is 504 g/mol. The van der Waals surface area contributed by atoms with E-state index in [1.54, 1.807) is 24.8 Å². The summed E-state index contributed by atoms with van der Waals surface area (Å²) in [6.45, 7) is 1.71. The topological polar surface area (TPSA) is 135 Å². The van der Waals surface area contributed by atoms with Gasteiger partial charge in [0.1, 0.15) is 17.4 Å². The summed E-state index contributed by atoms with van der Waals surface area (Å²) in [5.41, 5.74) is 2.62. The third-order valence-electron chi connectivity index (χ3n) is 6.08. The van der Waals surface area contributed by atoms with E-state index >= 15 is 0 Å². The first-order valence-corrected chi connectivity index (χ1v) is 13.2. The Morgan fingerprint density at radius 1 is 1.20 bits per heavy atom. The van der Waals surface area contributed by atoms with Gasteiger partial charge in [-0.05, 0) is 75.2 Å². The predicted octanol–water partition coefficient (Wildman–Crippen LogP) is 2.58. The third-order valence-corrected chi connectivity index (χ3v) is 6.72. The third kappa shape index (κ3) is 7.00. The van der Waals surface area contributed by atoms with Gasteiger partial charge in [0.25, 0.3) is 5.91 Å². The zero-order chi connectivity index (χ0) is 25.4. The van der Waals surface area contributed by atoms with Gasteiger partial charge < -0.3 is 24.9 Å². The van der Waals surface area contributed by atoms with Crippen LogP contribution in [-0.4, -0.2) is 54.1 Å². The lowest BCUT2D eigenvalue weighted by molar-refractivity contribution is -0.137. The second-order valence-corrected chi connectivity index (χ2v) is 9.58. The molecule has 1 aliphatic rings. The standard InChI is InChI=1S/C25H32N2O7S/c1-15-20(10-9-17-16-6-3-4-7-18(16)25(32)34-23(15)17)33-14-21(28)27-19(11-13-35-2)24(31)26-12-5-8-22(29)30/h9-10,19H,3-8,11-14H2,1-2H3,(H,26,31)(H,27,28)(H,29,30)/t19-/m0/s1. The molecule has 190 valence electrons. The first-order valence-electron chi connectivity index (χ1n) is 11.8. The molecule has 9 nitrogen and oxygen atoms in total. The second-order valence-electron chi connectivity index (χ2n) is 8.60. The van der Waals surface area contributed by atoms with E-state index in [1.165, 1.54) is 0 Å². The number of hydrogen-bond donors (Lipinski definition) is 3. The Bertz CT molecular complexity index is 1140. The molecule has 0 fully saturated rings. The number of hydrogen-bond acceptors (Lipinski definition) is 7. The van der Waals surface area contributed by atoms with Crippen molar-refractivity contribution in [2.24, 2.45) is 0 Å². The number of ether oxygens (including phenoxy) is 1. The molecular formula is C25H32N2O7S. The summed E-state index contributed by atoms with van der Waals surface area (Å²) in [5.74, 6) is -0.631. The van der Waals surface area contributed by atoms with Crippen LogP contribution in [0.25, 0.3) is 11.0 Å². The summed E-state index contributed by atoms with van der Waals surface area (Å²) in [6, 6.07) is 2.90. The van der Waals surface area contributed by atoms with Crippen molar-refractivity contribution in [1.82, 2.24) is 10.6 Å². The number of rotatable bonds is 12. The van der Waals surface area contributed by atoms with Gasteiger partial charge in [0.05, 0.1) is 0 Å². The van der Waals surface area contributed by atoms with Crippen molar-refractivity contribution in [3.05, 3.63) is 39.2 Å². The molecule has 3 rings (SSSR count). The molecule has 35 heavy (non-hydrogen) atoms. The fraction of sp³-hybridized carbons (Fsp3) is 0.520. The van der Waals surface area contributed by atoms with Crippen LogP contribution in [0.15, 0.2) is 21.3 Å². The molecule has 1 heterocycles. The van der Waals surface area contributed by atoms with Gasteiger partial charge >= 0.3 is 11.6 Å². The fourth-order valence-corrected chi connectivity index (χ4v) is 4.71. The largest absolute Gasteiger partial charge is 0.483 e. The maximum atomic E-state index is 12.6. The van der Waals surface area contributed by atoms with Crippen LogP contribution in [0.1, 0.15) is 48.8 Å². The Morgan fingerprint density at radius 2 is 1.94 bits per heavy atom. The SMILES string of the molecule is CSCC[C@H](NC(=O)COc1ccc2c3c(c(=O)oc2c1C)CCCC3)C(=O)NCCCC(=O)O. The molecule has 1 aromatic heterocycles. The van der Waals surface area contributed by atoms with E-state index < -0.39 is 17.9 Å². The number of amides is 2. The van der Waals surface area contributed by atoms with Crippen LogP contribution in [0.5, 0.6) is 5.75 Å². The molecule has 2 amide bonds. The van der Waals surface area contributed by atoms with Gasteiger partial charge in [0.2, 0.25) is 5.91 Å². The summed E-state index contributed by atoms with van der Waals surface area (Å²) in [5, 5.41) is 15.0. The van der Waals surface area contributed by atoms with Crippen molar-refractivity contribution in [2.75, 3.05) is 25.2 Å². The van der Waals surface area contributed by atoms with Crippen LogP contribution in [0, 0.1) is 6.92 Å². The average Bonchev–Trinajstić information content (AvgIpc) is 2.84. The minimum atomic E-state index is -0.924. The highest BCUT2D eigenvalue weighted by Crippen LogP contribution is 2.32. The molecule has 1 aromatic carbocycles. The van der Waals surface area contributed by atoms with Gasteiger partial charge in [-0.2, -0.15) is 11.8 Å². The first kappa shape index (κ1) is 26.6. The number of carboxylic acids is 1. The van der Waals surface area contributed by atoms with Crippen LogP contribution in [-0.2, 0) is 27.2 Å². The van der Waals surface area contributed by atoms with E-state index in [1.807, 2.05) is 12.3 Å². The number of thioether (sulfide) groups is 1. The van der Waals surface area contributed by atoms with Gasteiger partial charge in [-0.15, -0.1) is 0 Å². The predicted molar refractivity (Wildman–Crippen MR) is 134 cm³/mol. The van der Waals surface area contributed by atoms with Crippen LogP contribution >= 0.6 is 11.8 Å². The highest BCUT2D eigenvalue weighted by Gasteiger charge is 2.22. The number of aryl methyl sites for hydroxylation is 2. The number of benzene rings is 1. The molecule has 0 radical (unpaired) electrons. The summed E-state index contributed by atoms with van der Waals surface area (Å²) in [6.07, 6.45) is 6.21. The van der Waals surface area contributed by atoms with Crippen LogP contribution in [0.3, 0.4) is 0 Å². The van der Waals surface area contributed by atoms with E-state index in [4.69, 9.17) is 14.3 Å². The molecule has 10 heteroatoms. The maximum Gasteiger partial charge on any atom is 0.339 e. The van der Waals surface area contributed by atoms with Gasteiger partial charge in [0.15, 0.2) is 6.61 Å². The lowest BCUT2D eigenvalue weighted by atomic mass is 9.90. The number of carbonyl (C=O) groups excluding carboxylic acids is 2. The Balaban J connectivity index is 1.64. The van der Waals surface area contributed by atoms with E-state index in [9.17, 15) is 19.2 Å². The minimum absolute atomic E-state index is 0.0377. The Kier molecular flexibility index (Phi) is 9.59. The Morgan fingerprint density at radius 3 is 2.66 bits per heavy atom. The molecule has 3 N–H and O–H groups in total. The number of nitrogens with one attached hydrogen (secondary N) is 2. The van der Waals surface area contributed by atoms with E-state index in [-0.39, 0.29) is 31.1 Å². The van der Waals surface area contributed by atoms with Crippen LogP contribution in [0.2, 0.25) is 0 Å². The zero-order valence-corrected chi connectivity index (χ0v) is 20.9. The molecule has 0 spiro atoms. The molecule has 0 saturated carbocycles. The molecule has 0 aliphatic heterocycles. The van der Waals surface area contributed by atoms with Crippen molar-refractivity contribution in [3.63, 3.8) is 0 Å². The Labute approximate surface area is 208 Å². The van der Waals surface area contributed by atoms with E-state index in [0.29, 0.717) is 35.5 Å². The summed E-state index contributed by atoms with van der Waals surface area (Å²) in [4.78, 5) is 48.1. The van der Waals surface area contributed by atoms with Crippen LogP contribution < -0.4 is 21.0 Å². The molecule has 0 saturated heterocycles. The number of carbonyl (C=O) groups is 3. The van der Waals surface area contributed by atoms with Crippen molar-refractivity contribution < 1.29 is 28.6 Å². The van der Waals surface area contributed by atoms with E-state index in [0.717, 1.165) is 42.2 Å². The zero-order valence-electron chi connectivity index (χ0n) is 20.1. The summed E-state index contributed by atoms with van der Waals surface area (Å²) >= 11 is 1.55. The van der Waals surface area contributed by atoms with Gasteiger partial charge in [-0.25, -0.2) is 4.79 Å². The molecule has 1 aliphatic carbocycles. The lowest BCUT2D eigenvalue weighted by Gasteiger charge is -2.19. The lowest BCUT2D eigenvalue weighted by Crippen LogP contribution is -2.48. The molecule has 0 bridgehead atoms. The highest BCUT2D eigenvalue weighted by atomic mass is 32.2. The fourth-order valence-electron chi connectivity index (χ4n) is 4.24. The first-order chi connectivity index (χ1) is 16.8. The van der Waals surface area contributed by atoms with Gasteiger partial charge in [-0.3, -0.25) is 14.4 Å². The van der Waals surface area contributed by atoms with E-state index in [2.05, 4.69) is 10.6 Å². The second kappa shape index (κ2) is 12.6. The summed E-state index contributed by atoms with van der Waals surface area (Å²) in [7, 11) is 0.